The van der Waals surface area contributed by atoms with E-state index in [0.717, 1.165) is 50.4 Å². The number of guanidine groups is 1. The lowest BCUT2D eigenvalue weighted by Gasteiger charge is -2.24. The molecule has 1 aromatic carbocycles. The summed E-state index contributed by atoms with van der Waals surface area (Å²) in [5, 5.41) is 6.73. The maximum absolute atomic E-state index is 5.69. The Bertz CT molecular complexity index is 562. The van der Waals surface area contributed by atoms with Gasteiger partial charge in [-0.05, 0) is 63.9 Å². The molecule has 0 aromatic heterocycles. The van der Waals surface area contributed by atoms with Crippen molar-refractivity contribution < 1.29 is 9.47 Å². The summed E-state index contributed by atoms with van der Waals surface area (Å²) < 4.78 is 10.9. The molecule has 1 fully saturated rings. The maximum Gasteiger partial charge on any atom is 0.191 e. The average molecular weight is 504 g/mol. The summed E-state index contributed by atoms with van der Waals surface area (Å²) in [6, 6.07) is 8.43. The van der Waals surface area contributed by atoms with Gasteiger partial charge in [-0.2, -0.15) is 0 Å². The minimum atomic E-state index is 0. The monoisotopic (exact) mass is 504 g/mol. The lowest BCUT2D eigenvalue weighted by atomic mass is 10.1. The Hall–Kier alpha value is -1.06. The van der Waals surface area contributed by atoms with E-state index in [1.165, 1.54) is 18.4 Å². The quantitative estimate of drug-likeness (QED) is 0.198. The minimum absolute atomic E-state index is 0. The van der Waals surface area contributed by atoms with Crippen LogP contribution in [0.1, 0.15) is 37.8 Å². The molecule has 0 aliphatic heterocycles. The molecular formula is C21H37IN4O2. The molecule has 1 atom stereocenters. The smallest absolute Gasteiger partial charge is 0.191 e. The highest BCUT2D eigenvalue weighted by Crippen LogP contribution is 2.28. The Balaban J connectivity index is 0.00000392. The van der Waals surface area contributed by atoms with Gasteiger partial charge in [-0.1, -0.05) is 12.1 Å². The second kappa shape index (κ2) is 14.0. The molecule has 160 valence electrons. The van der Waals surface area contributed by atoms with Crippen molar-refractivity contribution in [2.24, 2.45) is 10.9 Å². The zero-order valence-corrected chi connectivity index (χ0v) is 20.1. The first-order valence-electron chi connectivity index (χ1n) is 10.0. The zero-order valence-electron chi connectivity index (χ0n) is 17.7. The summed E-state index contributed by atoms with van der Waals surface area (Å²) in [5.74, 6) is 2.57. The van der Waals surface area contributed by atoms with Crippen LogP contribution in [0, 0.1) is 5.92 Å². The molecular weight excluding hydrogens is 467 g/mol. The third-order valence-corrected chi connectivity index (χ3v) is 4.70. The summed E-state index contributed by atoms with van der Waals surface area (Å²) in [6.07, 6.45) is 3.68. The van der Waals surface area contributed by atoms with Gasteiger partial charge < -0.3 is 25.0 Å². The predicted octanol–water partition coefficient (Wildman–Crippen LogP) is 3.29. The van der Waals surface area contributed by atoms with Crippen molar-refractivity contribution in [1.82, 2.24) is 15.5 Å². The summed E-state index contributed by atoms with van der Waals surface area (Å²) in [7, 11) is 5.86. The Labute approximate surface area is 187 Å². The number of hydrogen-bond donors (Lipinski definition) is 2. The highest BCUT2D eigenvalue weighted by Gasteiger charge is 2.20. The molecule has 2 rings (SSSR count). The van der Waals surface area contributed by atoms with Crippen LogP contribution >= 0.6 is 24.0 Å². The Morgan fingerprint density at radius 2 is 1.93 bits per heavy atom. The van der Waals surface area contributed by atoms with E-state index >= 15 is 0 Å². The fraction of sp³-hybridized carbons (Fsp3) is 0.667. The topological polar surface area (TPSA) is 58.1 Å². The van der Waals surface area contributed by atoms with Crippen LogP contribution in [0.3, 0.4) is 0 Å². The van der Waals surface area contributed by atoms with Crippen LogP contribution in [-0.4, -0.2) is 64.9 Å². The first-order valence-corrected chi connectivity index (χ1v) is 10.0. The van der Waals surface area contributed by atoms with E-state index in [1.807, 2.05) is 12.1 Å². The number of halogens is 1. The summed E-state index contributed by atoms with van der Waals surface area (Å²) in [5.41, 5.74) is 1.23. The molecule has 0 saturated heterocycles. The zero-order chi connectivity index (χ0) is 19.5. The second-order valence-electron chi connectivity index (χ2n) is 7.27. The van der Waals surface area contributed by atoms with Gasteiger partial charge >= 0.3 is 0 Å². The number of nitrogens with one attached hydrogen (secondary N) is 2. The number of rotatable bonds is 12. The van der Waals surface area contributed by atoms with Crippen LogP contribution in [0.5, 0.6) is 5.75 Å². The molecule has 0 spiro atoms. The fourth-order valence-corrected chi connectivity index (χ4v) is 2.83. The van der Waals surface area contributed by atoms with E-state index in [9.17, 15) is 0 Å². The van der Waals surface area contributed by atoms with Gasteiger partial charge in [-0.25, -0.2) is 0 Å². The largest absolute Gasteiger partial charge is 0.497 e. The normalized spacial score (nSPS) is 15.1. The van der Waals surface area contributed by atoms with Crippen LogP contribution in [0.4, 0.5) is 0 Å². The van der Waals surface area contributed by atoms with Crippen molar-refractivity contribution in [3.63, 3.8) is 0 Å². The lowest BCUT2D eigenvalue weighted by molar-refractivity contribution is 0.123. The molecule has 1 unspecified atom stereocenters. The molecule has 0 bridgehead atoms. The van der Waals surface area contributed by atoms with E-state index in [-0.39, 0.29) is 30.0 Å². The average Bonchev–Trinajstić information content (AvgIpc) is 3.49. The van der Waals surface area contributed by atoms with Crippen molar-refractivity contribution in [2.75, 3.05) is 54.1 Å². The standard InChI is InChI=1S/C21H36N4O2.HI/c1-5-22-21(23-13-6-14-27-16-17-7-8-17)24-15-20(25(2)3)18-9-11-19(26-4)12-10-18;/h9-12,17,20H,5-8,13-16H2,1-4H3,(H2,22,23,24);1H. The SMILES string of the molecule is CCNC(=NCC(c1ccc(OC)cc1)N(C)C)NCCCOCC1CC1.I. The van der Waals surface area contributed by atoms with Gasteiger partial charge in [0.2, 0.25) is 0 Å². The van der Waals surface area contributed by atoms with Gasteiger partial charge in [-0.3, -0.25) is 4.99 Å². The summed E-state index contributed by atoms with van der Waals surface area (Å²) in [4.78, 5) is 6.99. The number of likely N-dealkylation sites (N-methyl/N-ethyl adjacent to an activating group) is 1. The Kier molecular flexibility index (Phi) is 12.5. The second-order valence-corrected chi connectivity index (χ2v) is 7.27. The van der Waals surface area contributed by atoms with Gasteiger partial charge in [0.15, 0.2) is 5.96 Å². The summed E-state index contributed by atoms with van der Waals surface area (Å²) in [6.45, 7) is 6.23. The molecule has 1 aromatic rings. The third kappa shape index (κ3) is 9.43. The van der Waals surface area contributed by atoms with Gasteiger partial charge in [0, 0.05) is 26.3 Å². The number of methoxy groups -OCH3 is 1. The molecule has 2 N–H and O–H groups in total. The summed E-state index contributed by atoms with van der Waals surface area (Å²) >= 11 is 0. The van der Waals surface area contributed by atoms with Crippen molar-refractivity contribution in [3.05, 3.63) is 29.8 Å². The molecule has 1 aliphatic carbocycles. The fourth-order valence-electron chi connectivity index (χ4n) is 2.83. The molecule has 0 radical (unpaired) electrons. The number of aliphatic imine (C=N–C) groups is 1. The molecule has 0 amide bonds. The molecule has 1 aliphatic rings. The van der Waals surface area contributed by atoms with Gasteiger partial charge in [0.25, 0.3) is 0 Å². The molecule has 28 heavy (non-hydrogen) atoms. The first kappa shape index (κ1) is 25.0. The first-order chi connectivity index (χ1) is 13.1. The third-order valence-electron chi connectivity index (χ3n) is 4.70. The van der Waals surface area contributed by atoms with E-state index in [4.69, 9.17) is 14.5 Å². The van der Waals surface area contributed by atoms with Gasteiger partial charge in [-0.15, -0.1) is 24.0 Å². The van der Waals surface area contributed by atoms with Gasteiger partial charge in [0.05, 0.1) is 19.7 Å². The minimum Gasteiger partial charge on any atom is -0.497 e. The van der Waals surface area contributed by atoms with E-state index < -0.39 is 0 Å². The number of nitrogens with zero attached hydrogens (tertiary/aromatic N) is 2. The number of benzene rings is 1. The van der Waals surface area contributed by atoms with Crippen LogP contribution in [-0.2, 0) is 4.74 Å². The number of hydrogen-bond acceptors (Lipinski definition) is 4. The predicted molar refractivity (Wildman–Crippen MR) is 127 cm³/mol. The molecule has 6 nitrogen and oxygen atoms in total. The lowest BCUT2D eigenvalue weighted by Crippen LogP contribution is -2.38. The number of ether oxygens (including phenoxy) is 2. The van der Waals surface area contributed by atoms with Crippen LogP contribution in [0.25, 0.3) is 0 Å². The van der Waals surface area contributed by atoms with Crippen molar-refractivity contribution in [2.45, 2.75) is 32.2 Å². The van der Waals surface area contributed by atoms with Crippen LogP contribution in [0.15, 0.2) is 29.3 Å². The van der Waals surface area contributed by atoms with Gasteiger partial charge in [0.1, 0.15) is 5.75 Å². The highest BCUT2D eigenvalue weighted by molar-refractivity contribution is 14.0. The molecule has 1 saturated carbocycles. The van der Waals surface area contributed by atoms with E-state index in [1.54, 1.807) is 7.11 Å². The van der Waals surface area contributed by atoms with Crippen molar-refractivity contribution in [3.8, 4) is 5.75 Å². The van der Waals surface area contributed by atoms with Crippen LogP contribution < -0.4 is 15.4 Å². The van der Waals surface area contributed by atoms with Crippen molar-refractivity contribution in [1.29, 1.82) is 0 Å². The molecule has 7 heteroatoms. The molecule has 0 heterocycles. The highest BCUT2D eigenvalue weighted by atomic mass is 127. The van der Waals surface area contributed by atoms with Crippen molar-refractivity contribution >= 4 is 29.9 Å². The van der Waals surface area contributed by atoms with E-state index in [2.05, 4.69) is 48.7 Å². The van der Waals surface area contributed by atoms with E-state index in [0.29, 0.717) is 6.54 Å². The van der Waals surface area contributed by atoms with Crippen LogP contribution in [0.2, 0.25) is 0 Å². The Morgan fingerprint density at radius 3 is 2.50 bits per heavy atom. The Morgan fingerprint density at radius 1 is 1.21 bits per heavy atom. The maximum atomic E-state index is 5.69.